The molecule has 0 spiro atoms. The molecular formula is C15H18F3N3. The maximum Gasteiger partial charge on any atom is 0.416 e. The van der Waals surface area contributed by atoms with Crippen molar-refractivity contribution < 1.29 is 13.2 Å². The van der Waals surface area contributed by atoms with Crippen LogP contribution >= 0.6 is 0 Å². The van der Waals surface area contributed by atoms with Crippen LogP contribution in [0.3, 0.4) is 0 Å². The molecule has 6 heteroatoms. The second kappa shape index (κ2) is 4.93. The molecule has 21 heavy (non-hydrogen) atoms. The number of hydrogen-bond donors (Lipinski definition) is 2. The molecule has 1 aromatic rings. The quantitative estimate of drug-likeness (QED) is 0.900. The lowest BCUT2D eigenvalue weighted by Crippen LogP contribution is -2.41. The maximum absolute atomic E-state index is 12.8. The van der Waals surface area contributed by atoms with Gasteiger partial charge in [0.05, 0.1) is 12.1 Å². The van der Waals surface area contributed by atoms with Crippen LogP contribution in [0.5, 0.6) is 0 Å². The molecule has 0 aromatic heterocycles. The van der Waals surface area contributed by atoms with E-state index in [1.54, 1.807) is 6.07 Å². The zero-order valence-electron chi connectivity index (χ0n) is 11.8. The van der Waals surface area contributed by atoms with Gasteiger partial charge in [0, 0.05) is 18.0 Å². The number of alkyl halides is 3. The lowest BCUT2D eigenvalue weighted by molar-refractivity contribution is -0.137. The lowest BCUT2D eigenvalue weighted by atomic mass is 9.94. The monoisotopic (exact) mass is 297 g/mol. The van der Waals surface area contributed by atoms with Gasteiger partial charge >= 0.3 is 6.18 Å². The van der Waals surface area contributed by atoms with E-state index in [0.717, 1.165) is 37.0 Å². The minimum atomic E-state index is -4.29. The summed E-state index contributed by atoms with van der Waals surface area (Å²) in [5.74, 6) is 0.751. The molecule has 0 amide bonds. The van der Waals surface area contributed by atoms with Gasteiger partial charge < -0.3 is 10.6 Å². The van der Waals surface area contributed by atoms with Gasteiger partial charge in [0.2, 0.25) is 0 Å². The van der Waals surface area contributed by atoms with Crippen molar-refractivity contribution in [3.8, 4) is 0 Å². The van der Waals surface area contributed by atoms with Gasteiger partial charge in [0.25, 0.3) is 0 Å². The molecule has 1 aromatic carbocycles. The summed E-state index contributed by atoms with van der Waals surface area (Å²) in [5, 5.41) is 6.43. The van der Waals surface area contributed by atoms with E-state index in [0.29, 0.717) is 12.6 Å². The minimum Gasteiger partial charge on any atom is -0.356 e. The van der Waals surface area contributed by atoms with E-state index in [1.165, 1.54) is 12.1 Å². The van der Waals surface area contributed by atoms with E-state index >= 15 is 0 Å². The van der Waals surface area contributed by atoms with Gasteiger partial charge in [0.15, 0.2) is 5.96 Å². The Balaban J connectivity index is 1.71. The first-order valence-corrected chi connectivity index (χ1v) is 7.12. The third kappa shape index (κ3) is 2.99. The van der Waals surface area contributed by atoms with Gasteiger partial charge in [-0.05, 0) is 31.4 Å². The van der Waals surface area contributed by atoms with Gasteiger partial charge in [-0.3, -0.25) is 4.99 Å². The molecule has 1 atom stereocenters. The van der Waals surface area contributed by atoms with Crippen LogP contribution in [0, 0.1) is 0 Å². The number of nitrogens with one attached hydrogen (secondary N) is 2. The molecule has 0 radical (unpaired) electrons. The molecule has 2 N–H and O–H groups in total. The standard InChI is InChI=1S/C15H18F3N3/c1-10-8-19-13(21-10)20-9-14(5-6-14)11-3-2-4-12(7-11)15(16,17)18/h2-4,7,10H,5-6,8-9H2,1H3,(H2,19,20,21). The molecule has 1 fully saturated rings. The summed E-state index contributed by atoms with van der Waals surface area (Å²) in [4.78, 5) is 4.31. The Morgan fingerprint density at radius 3 is 2.71 bits per heavy atom. The fraction of sp³-hybridized carbons (Fsp3) is 0.533. The average Bonchev–Trinajstić information content (AvgIpc) is 3.12. The first-order chi connectivity index (χ1) is 9.89. The van der Waals surface area contributed by atoms with E-state index in [-0.39, 0.29) is 5.41 Å². The Kier molecular flexibility index (Phi) is 3.34. The Morgan fingerprint density at radius 2 is 2.14 bits per heavy atom. The number of rotatable bonds is 3. The number of guanidine groups is 1. The van der Waals surface area contributed by atoms with Crippen LogP contribution in [0.25, 0.3) is 0 Å². The summed E-state index contributed by atoms with van der Waals surface area (Å²) in [6.45, 7) is 3.39. The fourth-order valence-corrected chi connectivity index (χ4v) is 2.66. The molecule has 2 aliphatic rings. The summed E-state index contributed by atoms with van der Waals surface area (Å²) in [6.07, 6.45) is -2.47. The summed E-state index contributed by atoms with van der Waals surface area (Å²) in [5.41, 5.74) is 0.00444. The molecular weight excluding hydrogens is 279 g/mol. The smallest absolute Gasteiger partial charge is 0.356 e. The van der Waals surface area contributed by atoms with Crippen molar-refractivity contribution in [2.75, 3.05) is 13.1 Å². The van der Waals surface area contributed by atoms with E-state index in [9.17, 15) is 13.2 Å². The first kappa shape index (κ1) is 14.2. The number of aliphatic imine (C=N–C) groups is 1. The largest absolute Gasteiger partial charge is 0.416 e. The van der Waals surface area contributed by atoms with Crippen molar-refractivity contribution in [2.45, 2.75) is 37.4 Å². The molecule has 1 saturated carbocycles. The third-order valence-corrected chi connectivity index (χ3v) is 4.16. The SMILES string of the molecule is CC1CN=C(NCC2(c3cccc(C(F)(F)F)c3)CC2)N1. The Hall–Kier alpha value is -1.72. The van der Waals surface area contributed by atoms with Crippen LogP contribution in [0.4, 0.5) is 13.2 Å². The van der Waals surface area contributed by atoms with Crippen molar-refractivity contribution >= 4 is 5.96 Å². The highest BCUT2D eigenvalue weighted by Gasteiger charge is 2.45. The predicted octanol–water partition coefficient (Wildman–Crippen LogP) is 2.67. The van der Waals surface area contributed by atoms with Crippen LogP contribution < -0.4 is 10.6 Å². The molecule has 3 nitrogen and oxygen atoms in total. The lowest BCUT2D eigenvalue weighted by Gasteiger charge is -2.19. The Labute approximate surface area is 121 Å². The van der Waals surface area contributed by atoms with Crippen LogP contribution in [0.2, 0.25) is 0 Å². The van der Waals surface area contributed by atoms with Crippen LogP contribution in [0.15, 0.2) is 29.3 Å². The van der Waals surface area contributed by atoms with E-state index < -0.39 is 11.7 Å². The van der Waals surface area contributed by atoms with Crippen molar-refractivity contribution in [1.29, 1.82) is 0 Å². The number of halogens is 3. The number of hydrogen-bond acceptors (Lipinski definition) is 3. The molecule has 1 aliphatic carbocycles. The van der Waals surface area contributed by atoms with E-state index in [1.807, 2.05) is 6.92 Å². The average molecular weight is 297 g/mol. The highest BCUT2D eigenvalue weighted by Crippen LogP contribution is 2.48. The molecule has 114 valence electrons. The molecule has 1 aliphatic heterocycles. The molecule has 1 unspecified atom stereocenters. The molecule has 0 bridgehead atoms. The third-order valence-electron chi connectivity index (χ3n) is 4.16. The molecule has 1 heterocycles. The fourth-order valence-electron chi connectivity index (χ4n) is 2.66. The van der Waals surface area contributed by atoms with Crippen molar-refractivity contribution in [1.82, 2.24) is 10.6 Å². The van der Waals surface area contributed by atoms with Crippen molar-refractivity contribution in [3.63, 3.8) is 0 Å². The van der Waals surface area contributed by atoms with Crippen molar-refractivity contribution in [2.24, 2.45) is 4.99 Å². The Morgan fingerprint density at radius 1 is 1.38 bits per heavy atom. The zero-order valence-corrected chi connectivity index (χ0v) is 11.8. The van der Waals surface area contributed by atoms with Crippen molar-refractivity contribution in [3.05, 3.63) is 35.4 Å². The second-order valence-corrected chi connectivity index (χ2v) is 5.95. The van der Waals surface area contributed by atoms with Crippen LogP contribution in [-0.2, 0) is 11.6 Å². The minimum absolute atomic E-state index is 0.183. The molecule has 3 rings (SSSR count). The highest BCUT2D eigenvalue weighted by molar-refractivity contribution is 5.81. The van der Waals surface area contributed by atoms with Gasteiger partial charge in [-0.2, -0.15) is 13.2 Å². The number of nitrogens with zero attached hydrogens (tertiary/aromatic N) is 1. The van der Waals surface area contributed by atoms with Gasteiger partial charge in [-0.25, -0.2) is 0 Å². The zero-order chi connectivity index (χ0) is 15.1. The van der Waals surface area contributed by atoms with Crippen LogP contribution in [-0.4, -0.2) is 25.1 Å². The molecule has 0 saturated heterocycles. The van der Waals surface area contributed by atoms with Gasteiger partial charge in [-0.1, -0.05) is 18.2 Å². The predicted molar refractivity (Wildman–Crippen MR) is 75.3 cm³/mol. The van der Waals surface area contributed by atoms with Crippen LogP contribution in [0.1, 0.15) is 30.9 Å². The van der Waals surface area contributed by atoms with E-state index in [2.05, 4.69) is 15.6 Å². The second-order valence-electron chi connectivity index (χ2n) is 5.95. The first-order valence-electron chi connectivity index (χ1n) is 7.12. The summed E-state index contributed by atoms with van der Waals surface area (Å²) in [7, 11) is 0. The topological polar surface area (TPSA) is 36.4 Å². The summed E-state index contributed by atoms with van der Waals surface area (Å²) < 4.78 is 38.4. The van der Waals surface area contributed by atoms with Gasteiger partial charge in [-0.15, -0.1) is 0 Å². The maximum atomic E-state index is 12.8. The Bertz CT molecular complexity index is 562. The normalized spacial score (nSPS) is 23.4. The summed E-state index contributed by atoms with van der Waals surface area (Å²) >= 11 is 0. The number of benzene rings is 1. The van der Waals surface area contributed by atoms with Gasteiger partial charge in [0.1, 0.15) is 0 Å². The highest BCUT2D eigenvalue weighted by atomic mass is 19.4. The van der Waals surface area contributed by atoms with E-state index in [4.69, 9.17) is 0 Å². The summed E-state index contributed by atoms with van der Waals surface area (Å²) in [6, 6.07) is 6.00.